The van der Waals surface area contributed by atoms with Crippen molar-refractivity contribution >= 4 is 11.6 Å². The largest absolute Gasteiger partial charge is 0.487 e. The molecule has 4 aromatic rings. The van der Waals surface area contributed by atoms with E-state index in [2.05, 4.69) is 15.1 Å². The molecule has 2 N–H and O–H groups in total. The number of aromatic amines is 1. The number of benzene rings is 2. The molecular formula is C27H30N4O4. The van der Waals surface area contributed by atoms with E-state index in [9.17, 15) is 14.7 Å². The van der Waals surface area contributed by atoms with Crippen LogP contribution < -0.4 is 10.3 Å². The topological polar surface area (TPSA) is 110 Å². The molecule has 0 radical (unpaired) electrons. The number of Topliss-reactive ketones (excluding diaryl/α,β-unsaturated/α-hetero) is 1. The Morgan fingerprint density at radius 2 is 1.83 bits per heavy atom. The molecule has 1 saturated carbocycles. The summed E-state index contributed by atoms with van der Waals surface area (Å²) in [4.78, 5) is 34.4. The summed E-state index contributed by atoms with van der Waals surface area (Å²) in [6.07, 6.45) is 4.08. The van der Waals surface area contributed by atoms with Gasteiger partial charge in [-0.1, -0.05) is 56.3 Å². The molecular weight excluding hydrogens is 444 g/mol. The zero-order chi connectivity index (χ0) is 23.5. The van der Waals surface area contributed by atoms with E-state index in [0.29, 0.717) is 35.7 Å². The van der Waals surface area contributed by atoms with E-state index in [0.717, 1.165) is 24.8 Å². The first kappa shape index (κ1) is 24.3. The summed E-state index contributed by atoms with van der Waals surface area (Å²) in [5.41, 5.74) is 1.38. The lowest BCUT2D eigenvalue weighted by Gasteiger charge is -2.40. The van der Waals surface area contributed by atoms with E-state index >= 15 is 0 Å². The molecule has 2 aromatic heterocycles. The van der Waals surface area contributed by atoms with Gasteiger partial charge in [0.15, 0.2) is 11.6 Å². The molecule has 8 heteroatoms. The molecule has 0 saturated heterocycles. The van der Waals surface area contributed by atoms with Gasteiger partial charge in [-0.2, -0.15) is 9.50 Å². The number of para-hydroxylation sites is 1. The van der Waals surface area contributed by atoms with Gasteiger partial charge in [0.05, 0.1) is 11.3 Å². The first-order valence-corrected chi connectivity index (χ1v) is 11.5. The van der Waals surface area contributed by atoms with E-state index in [1.807, 2.05) is 30.3 Å². The maximum absolute atomic E-state index is 12.9. The Labute approximate surface area is 203 Å². The van der Waals surface area contributed by atoms with Crippen molar-refractivity contribution < 1.29 is 14.6 Å². The molecule has 2 heterocycles. The number of nitrogens with one attached hydrogen (secondary N) is 1. The first-order valence-electron chi connectivity index (χ1n) is 11.5. The molecule has 8 nitrogen and oxygen atoms in total. The van der Waals surface area contributed by atoms with Crippen LogP contribution in [0.4, 0.5) is 0 Å². The maximum atomic E-state index is 12.9. The average molecular weight is 475 g/mol. The summed E-state index contributed by atoms with van der Waals surface area (Å²) in [5.74, 6) is 1.24. The molecule has 35 heavy (non-hydrogen) atoms. The number of hydrogen-bond acceptors (Lipinski definition) is 6. The number of ether oxygens (including phenoxy) is 1. The molecule has 0 atom stereocenters. The molecule has 1 fully saturated rings. The molecule has 1 aliphatic rings. The van der Waals surface area contributed by atoms with Gasteiger partial charge in [0.2, 0.25) is 0 Å². The van der Waals surface area contributed by atoms with Crippen molar-refractivity contribution in [3.05, 3.63) is 82.3 Å². The summed E-state index contributed by atoms with van der Waals surface area (Å²) in [5, 5.41) is 12.6. The fourth-order valence-corrected chi connectivity index (χ4v) is 4.38. The monoisotopic (exact) mass is 474 g/mol. The molecule has 0 bridgehead atoms. The predicted molar refractivity (Wildman–Crippen MR) is 133 cm³/mol. The van der Waals surface area contributed by atoms with Crippen molar-refractivity contribution in [1.29, 1.82) is 0 Å². The quantitative estimate of drug-likeness (QED) is 0.348. The summed E-state index contributed by atoms with van der Waals surface area (Å²) < 4.78 is 7.21. The van der Waals surface area contributed by atoms with Crippen LogP contribution in [0.25, 0.3) is 17.2 Å². The van der Waals surface area contributed by atoms with Gasteiger partial charge in [0, 0.05) is 24.7 Å². The number of rotatable bonds is 9. The van der Waals surface area contributed by atoms with Crippen LogP contribution in [0.2, 0.25) is 0 Å². The molecule has 0 amide bonds. The van der Waals surface area contributed by atoms with E-state index in [-0.39, 0.29) is 43.2 Å². The number of aliphatic hydroxyl groups is 1. The van der Waals surface area contributed by atoms with Gasteiger partial charge in [-0.25, -0.2) is 4.98 Å². The third kappa shape index (κ3) is 5.02. The van der Waals surface area contributed by atoms with Crippen LogP contribution in [0.1, 0.15) is 55.6 Å². The second kappa shape index (κ2) is 10.2. The van der Waals surface area contributed by atoms with Crippen LogP contribution in [0.15, 0.2) is 65.5 Å². The number of nitrogens with zero attached hydrogens (tertiary/aromatic N) is 3. The fraction of sp³-hybridized carbons (Fsp3) is 0.333. The molecule has 0 spiro atoms. The SMILES string of the molecule is C.O=C(CCC1(CO)CCC1)c1ccccc1OCc1cc(=O)n2[nH]c(-c3ccccc3)nc2n1. The van der Waals surface area contributed by atoms with Gasteiger partial charge in [-0.05, 0) is 36.8 Å². The third-order valence-electron chi connectivity index (χ3n) is 6.63. The molecule has 1 aliphatic carbocycles. The van der Waals surface area contributed by atoms with Crippen molar-refractivity contribution in [2.45, 2.75) is 46.1 Å². The maximum Gasteiger partial charge on any atom is 0.274 e. The van der Waals surface area contributed by atoms with E-state index in [1.54, 1.807) is 24.3 Å². The Morgan fingerprint density at radius 1 is 1.09 bits per heavy atom. The van der Waals surface area contributed by atoms with E-state index in [1.165, 1.54) is 10.6 Å². The van der Waals surface area contributed by atoms with Crippen LogP contribution in [0, 0.1) is 5.41 Å². The lowest BCUT2D eigenvalue weighted by molar-refractivity contribution is 0.0337. The predicted octanol–water partition coefficient (Wildman–Crippen LogP) is 4.43. The fourth-order valence-electron chi connectivity index (χ4n) is 4.38. The first-order chi connectivity index (χ1) is 16.6. The molecule has 0 unspecified atom stereocenters. The molecule has 182 valence electrons. The van der Waals surface area contributed by atoms with Gasteiger partial charge in [0.1, 0.15) is 12.4 Å². The summed E-state index contributed by atoms with van der Waals surface area (Å²) in [6.45, 7) is 0.158. The summed E-state index contributed by atoms with van der Waals surface area (Å²) in [6, 6.07) is 18.0. The van der Waals surface area contributed by atoms with Crippen molar-refractivity contribution in [2.24, 2.45) is 5.41 Å². The van der Waals surface area contributed by atoms with Gasteiger partial charge in [-0.3, -0.25) is 14.7 Å². The highest BCUT2D eigenvalue weighted by molar-refractivity contribution is 5.98. The Balaban J connectivity index is 0.00000289. The second-order valence-electron chi connectivity index (χ2n) is 8.88. The van der Waals surface area contributed by atoms with E-state index < -0.39 is 0 Å². The second-order valence-corrected chi connectivity index (χ2v) is 8.88. The number of aromatic nitrogens is 4. The Kier molecular flexibility index (Phi) is 7.12. The Morgan fingerprint density at radius 3 is 2.54 bits per heavy atom. The van der Waals surface area contributed by atoms with Crippen molar-refractivity contribution in [3.63, 3.8) is 0 Å². The lowest BCUT2D eigenvalue weighted by Crippen LogP contribution is -2.33. The normalized spacial score (nSPS) is 14.2. The number of carbonyl (C=O) groups is 1. The average Bonchev–Trinajstić information content (AvgIpc) is 3.28. The van der Waals surface area contributed by atoms with Crippen molar-refractivity contribution in [3.8, 4) is 17.1 Å². The minimum atomic E-state index is -0.294. The lowest BCUT2D eigenvalue weighted by atomic mass is 9.66. The number of hydrogen-bond donors (Lipinski definition) is 2. The van der Waals surface area contributed by atoms with Crippen LogP contribution in [0.5, 0.6) is 5.75 Å². The minimum Gasteiger partial charge on any atom is -0.487 e. The molecule has 2 aromatic carbocycles. The van der Waals surface area contributed by atoms with Crippen LogP contribution in [0.3, 0.4) is 0 Å². The van der Waals surface area contributed by atoms with Gasteiger partial charge < -0.3 is 9.84 Å². The number of ketones is 1. The zero-order valence-electron chi connectivity index (χ0n) is 18.7. The number of carbonyl (C=O) groups excluding carboxylic acids is 1. The van der Waals surface area contributed by atoms with Gasteiger partial charge in [0.25, 0.3) is 11.3 Å². The third-order valence-corrected chi connectivity index (χ3v) is 6.63. The highest BCUT2D eigenvalue weighted by atomic mass is 16.5. The van der Waals surface area contributed by atoms with Crippen molar-refractivity contribution in [1.82, 2.24) is 19.6 Å². The van der Waals surface area contributed by atoms with Crippen LogP contribution in [-0.4, -0.2) is 37.1 Å². The highest BCUT2D eigenvalue weighted by Gasteiger charge is 2.36. The minimum absolute atomic E-state index is 0. The zero-order valence-corrected chi connectivity index (χ0v) is 18.7. The number of H-pyrrole nitrogens is 1. The van der Waals surface area contributed by atoms with Crippen LogP contribution in [-0.2, 0) is 6.61 Å². The van der Waals surface area contributed by atoms with Crippen LogP contribution >= 0.6 is 0 Å². The standard InChI is InChI=1S/C26H26N4O4.CH4/c31-17-26(12-6-13-26)14-11-21(32)20-9-4-5-10-22(20)34-16-19-15-23(33)30-25(27-19)28-24(29-30)18-7-2-1-3-8-18;/h1-5,7-10,15,31H,6,11-14,16-17H2,(H,27,28,29);1H4. The highest BCUT2D eigenvalue weighted by Crippen LogP contribution is 2.44. The number of fused-ring (bicyclic) bond motifs is 1. The summed E-state index contributed by atoms with van der Waals surface area (Å²) in [7, 11) is 0. The Hall–Kier alpha value is -3.78. The van der Waals surface area contributed by atoms with E-state index in [4.69, 9.17) is 4.74 Å². The van der Waals surface area contributed by atoms with Crippen molar-refractivity contribution in [2.75, 3.05) is 6.61 Å². The van der Waals surface area contributed by atoms with Gasteiger partial charge in [-0.15, -0.1) is 0 Å². The summed E-state index contributed by atoms with van der Waals surface area (Å²) >= 11 is 0. The Bertz CT molecular complexity index is 1370. The number of aliphatic hydroxyl groups excluding tert-OH is 1. The smallest absolute Gasteiger partial charge is 0.274 e. The van der Waals surface area contributed by atoms with Gasteiger partial charge >= 0.3 is 0 Å². The molecule has 0 aliphatic heterocycles. The molecule has 5 rings (SSSR count).